The van der Waals surface area contributed by atoms with Gasteiger partial charge in [-0.3, -0.25) is 5.41 Å². The number of rotatable bonds is 4. The second kappa shape index (κ2) is 8.38. The van der Waals surface area contributed by atoms with Gasteiger partial charge in [0.1, 0.15) is 17.3 Å². The minimum absolute atomic E-state index is 0.0885. The molecule has 0 radical (unpaired) electrons. The van der Waals surface area contributed by atoms with Crippen LogP contribution in [0.2, 0.25) is 0 Å². The van der Waals surface area contributed by atoms with E-state index in [2.05, 4.69) is 53.8 Å². The van der Waals surface area contributed by atoms with E-state index >= 15 is 0 Å². The van der Waals surface area contributed by atoms with E-state index in [0.29, 0.717) is 11.8 Å². The van der Waals surface area contributed by atoms with Gasteiger partial charge in [-0.15, -0.1) is 0 Å². The molecular formula is C30H27N3O. The Bertz CT molecular complexity index is 1360. The van der Waals surface area contributed by atoms with Crippen LogP contribution >= 0.6 is 0 Å². The molecule has 0 fully saturated rings. The monoisotopic (exact) mass is 445 g/mol. The first-order valence-corrected chi connectivity index (χ1v) is 11.8. The first kappa shape index (κ1) is 20.5. The third-order valence-electron chi connectivity index (χ3n) is 7.20. The van der Waals surface area contributed by atoms with Crippen LogP contribution < -0.4 is 15.8 Å². The molecule has 1 aliphatic carbocycles. The maximum atomic E-state index is 7.93. The molecule has 0 spiro atoms. The molecule has 6 rings (SSSR count). The van der Waals surface area contributed by atoms with Crippen LogP contribution in [0.4, 0.5) is 5.69 Å². The Hall–Kier alpha value is -4.05. The maximum Gasteiger partial charge on any atom is 0.127 e. The van der Waals surface area contributed by atoms with Gasteiger partial charge >= 0.3 is 0 Å². The number of ether oxygens (including phenoxy) is 1. The molecule has 34 heavy (non-hydrogen) atoms. The summed E-state index contributed by atoms with van der Waals surface area (Å²) in [6.07, 6.45) is 2.19. The highest BCUT2D eigenvalue weighted by Gasteiger charge is 2.41. The number of hydrogen-bond donors (Lipinski definition) is 3. The normalized spacial score (nSPS) is 20.3. The standard InChI is InChI=1S/C30H27N3O/c31-30(32)21-14-15-25-27(18-21)33-29(26-16-13-19-7-4-5-12-24(19)28(25)26)20-8-6-11-23(17-20)34-22-9-2-1-3-10-22/h1-12,14-15,17-18,26,28-29,33H,13,16H2,(H3,31,32). The van der Waals surface area contributed by atoms with Crippen LogP contribution in [0, 0.1) is 11.3 Å². The largest absolute Gasteiger partial charge is 0.457 e. The van der Waals surface area contributed by atoms with Crippen LogP contribution in [-0.4, -0.2) is 5.84 Å². The number of nitrogens with one attached hydrogen (secondary N) is 2. The summed E-state index contributed by atoms with van der Waals surface area (Å²) in [5, 5.41) is 11.8. The Balaban J connectivity index is 1.43. The molecular weight excluding hydrogens is 418 g/mol. The van der Waals surface area contributed by atoms with Crippen molar-refractivity contribution in [3.05, 3.63) is 125 Å². The highest BCUT2D eigenvalue weighted by Crippen LogP contribution is 2.53. The highest BCUT2D eigenvalue weighted by atomic mass is 16.5. The zero-order chi connectivity index (χ0) is 23.1. The van der Waals surface area contributed by atoms with Crippen molar-refractivity contribution < 1.29 is 4.74 Å². The summed E-state index contributed by atoms with van der Waals surface area (Å²) in [6, 6.07) is 33.5. The van der Waals surface area contributed by atoms with E-state index in [1.807, 2.05) is 48.5 Å². The highest BCUT2D eigenvalue weighted by molar-refractivity contribution is 5.96. The van der Waals surface area contributed by atoms with Crippen LogP contribution in [0.3, 0.4) is 0 Å². The van der Waals surface area contributed by atoms with Gasteiger partial charge in [0.15, 0.2) is 0 Å². The van der Waals surface area contributed by atoms with Gasteiger partial charge < -0.3 is 15.8 Å². The van der Waals surface area contributed by atoms with Gasteiger partial charge in [-0.2, -0.15) is 0 Å². The maximum absolute atomic E-state index is 7.93. The number of amidine groups is 1. The Labute approximate surface area is 199 Å². The lowest BCUT2D eigenvalue weighted by atomic mass is 9.65. The summed E-state index contributed by atoms with van der Waals surface area (Å²) in [5.41, 5.74) is 13.0. The molecule has 0 saturated heterocycles. The molecule has 0 saturated carbocycles. The zero-order valence-electron chi connectivity index (χ0n) is 18.9. The quantitative estimate of drug-likeness (QED) is 0.244. The summed E-state index contributed by atoms with van der Waals surface area (Å²) in [7, 11) is 0. The van der Waals surface area contributed by atoms with Gasteiger partial charge in [0.25, 0.3) is 0 Å². The van der Waals surface area contributed by atoms with E-state index in [0.717, 1.165) is 35.6 Å². The molecule has 4 aromatic carbocycles. The summed E-state index contributed by atoms with van der Waals surface area (Å²) < 4.78 is 6.15. The van der Waals surface area contributed by atoms with Crippen molar-refractivity contribution >= 4 is 11.5 Å². The Morgan fingerprint density at radius 3 is 2.47 bits per heavy atom. The molecule has 0 aromatic heterocycles. The van der Waals surface area contributed by atoms with Crippen LogP contribution in [0.15, 0.2) is 97.1 Å². The molecule has 0 amide bonds. The number of nitrogens with two attached hydrogens (primary N) is 1. The van der Waals surface area contributed by atoms with E-state index < -0.39 is 0 Å². The van der Waals surface area contributed by atoms with E-state index in [4.69, 9.17) is 15.9 Å². The van der Waals surface area contributed by atoms with E-state index in [9.17, 15) is 0 Å². The topological polar surface area (TPSA) is 71.1 Å². The first-order chi connectivity index (χ1) is 16.7. The smallest absolute Gasteiger partial charge is 0.127 e. The predicted octanol–water partition coefficient (Wildman–Crippen LogP) is 6.62. The third kappa shape index (κ3) is 3.61. The fourth-order valence-electron chi connectivity index (χ4n) is 5.66. The Kier molecular flexibility index (Phi) is 5.06. The molecule has 168 valence electrons. The first-order valence-electron chi connectivity index (χ1n) is 11.8. The lowest BCUT2D eigenvalue weighted by Gasteiger charge is -2.44. The van der Waals surface area contributed by atoms with Gasteiger partial charge in [-0.1, -0.05) is 66.7 Å². The molecule has 4 N–H and O–H groups in total. The number of para-hydroxylation sites is 1. The van der Waals surface area contributed by atoms with E-state index in [-0.39, 0.29) is 11.9 Å². The summed E-state index contributed by atoms with van der Waals surface area (Å²) >= 11 is 0. The number of nitrogen functional groups attached to an aromatic ring is 1. The molecule has 3 atom stereocenters. The lowest BCUT2D eigenvalue weighted by Crippen LogP contribution is -2.35. The molecule has 4 heteroatoms. The zero-order valence-corrected chi connectivity index (χ0v) is 18.9. The lowest BCUT2D eigenvalue weighted by molar-refractivity contribution is 0.347. The third-order valence-corrected chi connectivity index (χ3v) is 7.20. The summed E-state index contributed by atoms with van der Waals surface area (Å²) in [5.74, 6) is 2.47. The van der Waals surface area contributed by atoms with Crippen molar-refractivity contribution in [3.8, 4) is 11.5 Å². The fourth-order valence-corrected chi connectivity index (χ4v) is 5.66. The van der Waals surface area contributed by atoms with Crippen LogP contribution in [0.5, 0.6) is 11.5 Å². The Morgan fingerprint density at radius 2 is 1.62 bits per heavy atom. The van der Waals surface area contributed by atoms with Gasteiger partial charge in [0.05, 0.1) is 6.04 Å². The van der Waals surface area contributed by atoms with Crippen LogP contribution in [0.1, 0.15) is 46.2 Å². The van der Waals surface area contributed by atoms with E-state index in [1.54, 1.807) is 0 Å². The van der Waals surface area contributed by atoms with Gasteiger partial charge in [0, 0.05) is 17.2 Å². The van der Waals surface area contributed by atoms with Crippen LogP contribution in [-0.2, 0) is 6.42 Å². The second-order valence-electron chi connectivity index (χ2n) is 9.20. The number of anilines is 1. The van der Waals surface area contributed by atoms with Crippen molar-refractivity contribution in [3.63, 3.8) is 0 Å². The molecule has 3 unspecified atom stereocenters. The average molecular weight is 446 g/mol. The van der Waals surface area contributed by atoms with Gasteiger partial charge in [-0.05, 0) is 71.3 Å². The van der Waals surface area contributed by atoms with E-state index in [1.165, 1.54) is 22.3 Å². The van der Waals surface area contributed by atoms with Crippen molar-refractivity contribution in [1.82, 2.24) is 0 Å². The minimum atomic E-state index is 0.0885. The predicted molar refractivity (Wildman–Crippen MR) is 137 cm³/mol. The molecule has 1 heterocycles. The van der Waals surface area contributed by atoms with Crippen molar-refractivity contribution in [2.45, 2.75) is 24.8 Å². The summed E-state index contributed by atoms with van der Waals surface area (Å²) in [4.78, 5) is 0. The molecule has 2 aliphatic rings. The SMILES string of the molecule is N=C(N)c1ccc2c(c1)NC(c1cccc(Oc3ccccc3)c1)C1CCc3ccccc3C21. The van der Waals surface area contributed by atoms with Crippen molar-refractivity contribution in [2.75, 3.05) is 5.32 Å². The van der Waals surface area contributed by atoms with Crippen molar-refractivity contribution in [1.29, 1.82) is 5.41 Å². The minimum Gasteiger partial charge on any atom is -0.457 e. The number of aryl methyl sites for hydroxylation is 1. The Morgan fingerprint density at radius 1 is 0.824 bits per heavy atom. The second-order valence-corrected chi connectivity index (χ2v) is 9.20. The molecule has 4 nitrogen and oxygen atoms in total. The number of hydrogen-bond acceptors (Lipinski definition) is 3. The molecule has 4 aromatic rings. The molecule has 0 bridgehead atoms. The average Bonchev–Trinajstić information content (AvgIpc) is 2.88. The number of fused-ring (bicyclic) bond motifs is 5. The van der Waals surface area contributed by atoms with Crippen molar-refractivity contribution in [2.24, 2.45) is 11.7 Å². The number of benzene rings is 4. The summed E-state index contributed by atoms with van der Waals surface area (Å²) in [6.45, 7) is 0. The fraction of sp³-hybridized carbons (Fsp3) is 0.167. The van der Waals surface area contributed by atoms with Crippen LogP contribution in [0.25, 0.3) is 0 Å². The van der Waals surface area contributed by atoms with Gasteiger partial charge in [0.2, 0.25) is 0 Å². The van der Waals surface area contributed by atoms with Gasteiger partial charge in [-0.25, -0.2) is 0 Å². The molecule has 1 aliphatic heterocycles.